The number of nitro groups is 1. The molecule has 0 unspecified atom stereocenters. The third-order valence-electron chi connectivity index (χ3n) is 4.59. The second-order valence-corrected chi connectivity index (χ2v) is 5.92. The van der Waals surface area contributed by atoms with Crippen LogP contribution in [0, 0.1) is 10.1 Å². The molecule has 2 aromatic rings. The van der Waals surface area contributed by atoms with Crippen molar-refractivity contribution in [2.75, 3.05) is 18.6 Å². The van der Waals surface area contributed by atoms with Crippen LogP contribution >= 0.6 is 0 Å². The van der Waals surface area contributed by atoms with Crippen LogP contribution in [0.3, 0.4) is 0 Å². The number of carboxylic acid groups (broad SMARTS) is 1. The third-order valence-corrected chi connectivity index (χ3v) is 4.59. The molecule has 1 saturated heterocycles. The van der Waals surface area contributed by atoms with Crippen molar-refractivity contribution in [2.45, 2.75) is 18.4 Å². The number of benzene rings is 2. The van der Waals surface area contributed by atoms with Crippen LogP contribution in [0.4, 0.5) is 11.4 Å². The summed E-state index contributed by atoms with van der Waals surface area (Å²) in [5, 5.41) is 20.5. The standard InChI is InChI=1S/C18H18N2O5/c1-25-15-8-2-12(3-9-15)16-10-11-19(17(16)18(21)22)13-4-6-14(7-5-13)20(23)24/h2-9,16-17H,10-11H2,1H3,(H,21,22)/t16-,17-/m0/s1. The van der Waals surface area contributed by atoms with Crippen molar-refractivity contribution in [1.82, 2.24) is 0 Å². The zero-order valence-corrected chi connectivity index (χ0v) is 13.7. The van der Waals surface area contributed by atoms with Gasteiger partial charge in [0.25, 0.3) is 5.69 Å². The molecule has 0 spiro atoms. The minimum absolute atomic E-state index is 0.0125. The van der Waals surface area contributed by atoms with Gasteiger partial charge >= 0.3 is 5.97 Å². The van der Waals surface area contributed by atoms with E-state index in [4.69, 9.17) is 4.74 Å². The molecular weight excluding hydrogens is 324 g/mol. The Balaban J connectivity index is 1.88. The molecule has 0 aromatic heterocycles. The molecule has 7 heteroatoms. The SMILES string of the molecule is COc1ccc([C@@H]2CCN(c3ccc([N+](=O)[O-])cc3)[C@@H]2C(=O)O)cc1. The molecule has 7 nitrogen and oxygen atoms in total. The van der Waals surface area contributed by atoms with Gasteiger partial charge in [-0.2, -0.15) is 0 Å². The predicted molar refractivity (Wildman–Crippen MR) is 92.2 cm³/mol. The number of nitrogens with zero attached hydrogens (tertiary/aromatic N) is 2. The number of rotatable bonds is 5. The Kier molecular flexibility index (Phi) is 4.56. The summed E-state index contributed by atoms with van der Waals surface area (Å²) in [5.41, 5.74) is 1.60. The minimum Gasteiger partial charge on any atom is -0.497 e. The summed E-state index contributed by atoms with van der Waals surface area (Å²) >= 11 is 0. The van der Waals surface area contributed by atoms with E-state index in [0.717, 1.165) is 11.3 Å². The molecule has 1 N–H and O–H groups in total. The van der Waals surface area contributed by atoms with Gasteiger partial charge in [0.1, 0.15) is 11.8 Å². The van der Waals surface area contributed by atoms with Gasteiger partial charge in [-0.25, -0.2) is 4.79 Å². The molecule has 0 radical (unpaired) electrons. The zero-order valence-electron chi connectivity index (χ0n) is 13.7. The lowest BCUT2D eigenvalue weighted by molar-refractivity contribution is -0.384. The smallest absolute Gasteiger partial charge is 0.326 e. The number of anilines is 1. The van der Waals surface area contributed by atoms with Crippen molar-refractivity contribution in [1.29, 1.82) is 0 Å². The summed E-state index contributed by atoms with van der Waals surface area (Å²) in [6, 6.07) is 12.7. The van der Waals surface area contributed by atoms with Crippen LogP contribution in [0.5, 0.6) is 5.75 Å². The van der Waals surface area contributed by atoms with Crippen molar-refractivity contribution in [2.24, 2.45) is 0 Å². The Hall–Kier alpha value is -3.09. The zero-order chi connectivity index (χ0) is 18.0. The fraction of sp³-hybridized carbons (Fsp3) is 0.278. The maximum absolute atomic E-state index is 11.9. The number of hydrogen-bond acceptors (Lipinski definition) is 5. The van der Waals surface area contributed by atoms with Gasteiger partial charge in [0, 0.05) is 30.3 Å². The van der Waals surface area contributed by atoms with Gasteiger partial charge in [-0.15, -0.1) is 0 Å². The number of hydrogen-bond donors (Lipinski definition) is 1. The summed E-state index contributed by atoms with van der Waals surface area (Å²) < 4.78 is 5.15. The number of ether oxygens (including phenoxy) is 1. The van der Waals surface area contributed by atoms with Gasteiger partial charge in [0.15, 0.2) is 0 Å². The van der Waals surface area contributed by atoms with Crippen LogP contribution in [0.1, 0.15) is 17.9 Å². The van der Waals surface area contributed by atoms with E-state index < -0.39 is 16.9 Å². The van der Waals surface area contributed by atoms with Crippen molar-refractivity contribution < 1.29 is 19.6 Å². The first-order valence-electron chi connectivity index (χ1n) is 7.89. The Labute approximate surface area is 144 Å². The normalized spacial score (nSPS) is 19.6. The number of nitro benzene ring substituents is 1. The molecule has 1 aliphatic rings. The van der Waals surface area contributed by atoms with E-state index in [-0.39, 0.29) is 11.6 Å². The molecule has 0 bridgehead atoms. The number of aliphatic carboxylic acids is 1. The Morgan fingerprint density at radius 3 is 2.36 bits per heavy atom. The number of methoxy groups -OCH3 is 1. The highest BCUT2D eigenvalue weighted by atomic mass is 16.6. The maximum atomic E-state index is 11.9. The van der Waals surface area contributed by atoms with Crippen molar-refractivity contribution in [3.05, 3.63) is 64.2 Å². The second-order valence-electron chi connectivity index (χ2n) is 5.92. The number of carbonyl (C=O) groups is 1. The molecule has 2 aromatic carbocycles. The van der Waals surface area contributed by atoms with E-state index in [2.05, 4.69) is 0 Å². The molecule has 130 valence electrons. The number of non-ortho nitro benzene ring substituents is 1. The molecule has 25 heavy (non-hydrogen) atoms. The first-order chi connectivity index (χ1) is 12.0. The Morgan fingerprint density at radius 2 is 1.84 bits per heavy atom. The second kappa shape index (κ2) is 6.80. The molecular formula is C18H18N2O5. The van der Waals surface area contributed by atoms with Gasteiger partial charge in [-0.3, -0.25) is 10.1 Å². The van der Waals surface area contributed by atoms with Crippen LogP contribution in [-0.4, -0.2) is 35.7 Å². The minimum atomic E-state index is -0.906. The van der Waals surface area contributed by atoms with Crippen LogP contribution < -0.4 is 9.64 Å². The van der Waals surface area contributed by atoms with E-state index in [1.807, 2.05) is 24.3 Å². The largest absolute Gasteiger partial charge is 0.497 e. The average molecular weight is 342 g/mol. The van der Waals surface area contributed by atoms with Crippen molar-refractivity contribution in [3.8, 4) is 5.75 Å². The lowest BCUT2D eigenvalue weighted by Crippen LogP contribution is -2.39. The molecule has 0 aliphatic carbocycles. The highest BCUT2D eigenvalue weighted by Gasteiger charge is 2.40. The lowest BCUT2D eigenvalue weighted by atomic mass is 9.91. The molecule has 1 aliphatic heterocycles. The molecule has 0 saturated carbocycles. The first-order valence-corrected chi connectivity index (χ1v) is 7.89. The summed E-state index contributed by atoms with van der Waals surface area (Å²) in [6.07, 6.45) is 0.695. The molecule has 1 fully saturated rings. The third kappa shape index (κ3) is 3.26. The summed E-state index contributed by atoms with van der Waals surface area (Å²) in [7, 11) is 1.58. The highest BCUT2D eigenvalue weighted by molar-refractivity contribution is 5.81. The van der Waals surface area contributed by atoms with E-state index in [1.54, 1.807) is 24.1 Å². The van der Waals surface area contributed by atoms with Gasteiger partial charge in [0.2, 0.25) is 0 Å². The maximum Gasteiger partial charge on any atom is 0.326 e. The fourth-order valence-electron chi connectivity index (χ4n) is 3.35. The van der Waals surface area contributed by atoms with E-state index in [1.165, 1.54) is 12.1 Å². The Morgan fingerprint density at radius 1 is 1.20 bits per heavy atom. The highest BCUT2D eigenvalue weighted by Crippen LogP contribution is 2.37. The fourth-order valence-corrected chi connectivity index (χ4v) is 3.35. The lowest BCUT2D eigenvalue weighted by Gasteiger charge is -2.26. The van der Waals surface area contributed by atoms with Crippen LogP contribution in [-0.2, 0) is 4.79 Å². The monoisotopic (exact) mass is 342 g/mol. The van der Waals surface area contributed by atoms with Crippen LogP contribution in [0.2, 0.25) is 0 Å². The van der Waals surface area contributed by atoms with Crippen LogP contribution in [0.15, 0.2) is 48.5 Å². The van der Waals surface area contributed by atoms with Crippen molar-refractivity contribution in [3.63, 3.8) is 0 Å². The van der Waals surface area contributed by atoms with Gasteiger partial charge in [-0.05, 0) is 36.2 Å². The number of carboxylic acids is 1. The predicted octanol–water partition coefficient (Wildman–Crippen LogP) is 3.05. The summed E-state index contributed by atoms with van der Waals surface area (Å²) in [4.78, 5) is 24.0. The van der Waals surface area contributed by atoms with E-state index >= 15 is 0 Å². The average Bonchev–Trinajstić information content (AvgIpc) is 3.07. The van der Waals surface area contributed by atoms with E-state index in [9.17, 15) is 20.0 Å². The summed E-state index contributed by atoms with van der Waals surface area (Å²) in [6.45, 7) is 0.575. The van der Waals surface area contributed by atoms with Crippen LogP contribution in [0.25, 0.3) is 0 Å². The molecule has 3 rings (SSSR count). The van der Waals surface area contributed by atoms with Gasteiger partial charge in [-0.1, -0.05) is 12.1 Å². The molecule has 1 heterocycles. The first kappa shape index (κ1) is 16.8. The van der Waals surface area contributed by atoms with Gasteiger partial charge in [0.05, 0.1) is 12.0 Å². The molecule has 0 amide bonds. The Bertz CT molecular complexity index is 773. The molecule has 2 atom stereocenters. The summed E-state index contributed by atoms with van der Waals surface area (Å²) in [5.74, 6) is -0.337. The topological polar surface area (TPSA) is 92.9 Å². The van der Waals surface area contributed by atoms with Gasteiger partial charge < -0.3 is 14.7 Å². The van der Waals surface area contributed by atoms with Crippen molar-refractivity contribution >= 4 is 17.3 Å². The van der Waals surface area contributed by atoms with E-state index in [0.29, 0.717) is 18.7 Å². The quantitative estimate of drug-likeness (QED) is 0.663.